The van der Waals surface area contributed by atoms with Crippen molar-refractivity contribution in [2.75, 3.05) is 14.2 Å². The number of benzene rings is 1. The van der Waals surface area contributed by atoms with Crippen LogP contribution in [-0.4, -0.2) is 20.2 Å². The Hall–Kier alpha value is -2.09. The van der Waals surface area contributed by atoms with Gasteiger partial charge in [0, 0.05) is 5.92 Å². The average molecular weight is 226 g/mol. The number of hydrogen-bond donors (Lipinski definition) is 0. The number of carbonyl (C=O) groups is 1. The lowest BCUT2D eigenvalue weighted by molar-refractivity contribution is -0.133. The Kier molecular flexibility index (Phi) is 3.84. The van der Waals surface area contributed by atoms with Gasteiger partial charge in [-0.15, -0.1) is 0 Å². The van der Waals surface area contributed by atoms with Gasteiger partial charge in [0.05, 0.1) is 19.8 Å². The lowest BCUT2D eigenvalue weighted by Crippen LogP contribution is -1.97. The molecule has 0 aliphatic heterocycles. The van der Waals surface area contributed by atoms with Gasteiger partial charge in [0.1, 0.15) is 0 Å². The molecular formula is C11H8F2O3. The molecule has 1 rings (SSSR count). The predicted octanol–water partition coefficient (Wildman–Crippen LogP) is 1.50. The maximum absolute atomic E-state index is 13.3. The SMILES string of the molecule is COC(=O)C#Cc1ccc(OC)c(F)c1F. The highest BCUT2D eigenvalue weighted by molar-refractivity contribution is 5.89. The van der Waals surface area contributed by atoms with Gasteiger partial charge in [-0.25, -0.2) is 9.18 Å². The highest BCUT2D eigenvalue weighted by Crippen LogP contribution is 2.21. The van der Waals surface area contributed by atoms with E-state index in [0.29, 0.717) is 0 Å². The molecule has 0 radical (unpaired) electrons. The second-order valence-corrected chi connectivity index (χ2v) is 2.68. The molecule has 0 fully saturated rings. The summed E-state index contributed by atoms with van der Waals surface area (Å²) in [5.41, 5.74) is -0.233. The molecule has 0 bridgehead atoms. The van der Waals surface area contributed by atoms with E-state index in [1.54, 1.807) is 0 Å². The van der Waals surface area contributed by atoms with Crippen LogP contribution in [0.25, 0.3) is 0 Å². The molecule has 5 heteroatoms. The first kappa shape index (κ1) is 12.0. The summed E-state index contributed by atoms with van der Waals surface area (Å²) in [7, 11) is 2.36. The van der Waals surface area contributed by atoms with Crippen LogP contribution in [-0.2, 0) is 9.53 Å². The van der Waals surface area contributed by atoms with Gasteiger partial charge in [-0.05, 0) is 12.1 Å². The van der Waals surface area contributed by atoms with Gasteiger partial charge in [-0.1, -0.05) is 5.92 Å². The van der Waals surface area contributed by atoms with Crippen LogP contribution in [0.1, 0.15) is 5.56 Å². The van der Waals surface area contributed by atoms with Crippen LogP contribution in [0, 0.1) is 23.5 Å². The van der Waals surface area contributed by atoms with Crippen molar-refractivity contribution in [2.24, 2.45) is 0 Å². The normalized spacial score (nSPS) is 9.00. The summed E-state index contributed by atoms with van der Waals surface area (Å²) in [6, 6.07) is 2.44. The van der Waals surface area contributed by atoms with Crippen molar-refractivity contribution in [1.29, 1.82) is 0 Å². The predicted molar refractivity (Wildman–Crippen MR) is 51.8 cm³/mol. The molecule has 0 amide bonds. The van der Waals surface area contributed by atoms with E-state index >= 15 is 0 Å². The summed E-state index contributed by atoms with van der Waals surface area (Å²) < 4.78 is 35.3. The van der Waals surface area contributed by atoms with Gasteiger partial charge in [-0.2, -0.15) is 4.39 Å². The zero-order chi connectivity index (χ0) is 12.1. The molecule has 0 unspecified atom stereocenters. The van der Waals surface area contributed by atoms with Crippen molar-refractivity contribution < 1.29 is 23.0 Å². The number of ether oxygens (including phenoxy) is 2. The second-order valence-electron chi connectivity index (χ2n) is 2.68. The molecule has 0 spiro atoms. The van der Waals surface area contributed by atoms with Gasteiger partial charge < -0.3 is 9.47 Å². The molecule has 0 aliphatic carbocycles. The fraction of sp³-hybridized carbons (Fsp3) is 0.182. The fourth-order valence-electron chi connectivity index (χ4n) is 0.955. The highest BCUT2D eigenvalue weighted by atomic mass is 19.2. The minimum absolute atomic E-state index is 0.221. The molecule has 0 heterocycles. The largest absolute Gasteiger partial charge is 0.494 e. The van der Waals surface area contributed by atoms with Crippen LogP contribution < -0.4 is 4.74 Å². The van der Waals surface area contributed by atoms with Crippen LogP contribution in [0.3, 0.4) is 0 Å². The van der Waals surface area contributed by atoms with Crippen molar-refractivity contribution in [2.45, 2.75) is 0 Å². The first-order chi connectivity index (χ1) is 7.60. The molecule has 0 atom stereocenters. The molecule has 0 saturated heterocycles. The van der Waals surface area contributed by atoms with Gasteiger partial charge in [0.25, 0.3) is 0 Å². The Balaban J connectivity index is 3.11. The van der Waals surface area contributed by atoms with Gasteiger partial charge in [0.15, 0.2) is 11.6 Å². The molecule has 16 heavy (non-hydrogen) atoms. The smallest absolute Gasteiger partial charge is 0.384 e. The zero-order valence-electron chi connectivity index (χ0n) is 8.64. The Morgan fingerprint density at radius 2 is 1.94 bits per heavy atom. The van der Waals surface area contributed by atoms with Gasteiger partial charge in [-0.3, -0.25) is 0 Å². The maximum atomic E-state index is 13.3. The average Bonchev–Trinajstić information content (AvgIpc) is 2.30. The van der Waals surface area contributed by atoms with E-state index < -0.39 is 17.6 Å². The van der Waals surface area contributed by atoms with Crippen molar-refractivity contribution in [3.63, 3.8) is 0 Å². The number of halogens is 2. The third kappa shape index (κ3) is 2.48. The third-order valence-corrected chi connectivity index (χ3v) is 1.75. The van der Waals surface area contributed by atoms with Gasteiger partial charge in [0.2, 0.25) is 5.82 Å². The molecule has 0 aromatic heterocycles. The molecule has 3 nitrogen and oxygen atoms in total. The molecule has 1 aromatic rings. The van der Waals surface area contributed by atoms with E-state index in [0.717, 1.165) is 7.11 Å². The van der Waals surface area contributed by atoms with E-state index in [1.165, 1.54) is 19.2 Å². The topological polar surface area (TPSA) is 35.5 Å². The van der Waals surface area contributed by atoms with Gasteiger partial charge >= 0.3 is 5.97 Å². The van der Waals surface area contributed by atoms with Crippen molar-refractivity contribution >= 4 is 5.97 Å². The minimum Gasteiger partial charge on any atom is -0.494 e. The summed E-state index contributed by atoms with van der Waals surface area (Å²) >= 11 is 0. The summed E-state index contributed by atoms with van der Waals surface area (Å²) in [4.78, 5) is 10.7. The number of carbonyl (C=O) groups excluding carboxylic acids is 1. The molecule has 0 aliphatic rings. The zero-order valence-corrected chi connectivity index (χ0v) is 8.64. The highest BCUT2D eigenvalue weighted by Gasteiger charge is 2.12. The first-order valence-corrected chi connectivity index (χ1v) is 4.22. The first-order valence-electron chi connectivity index (χ1n) is 4.22. The molecule has 0 N–H and O–H groups in total. The minimum atomic E-state index is -1.16. The molecule has 84 valence electrons. The summed E-state index contributed by atoms with van der Waals surface area (Å²) in [5, 5.41) is 0. The maximum Gasteiger partial charge on any atom is 0.384 e. The van der Waals surface area contributed by atoms with E-state index in [1.807, 2.05) is 5.92 Å². The summed E-state index contributed by atoms with van der Waals surface area (Å²) in [6.07, 6.45) is 0. The lowest BCUT2D eigenvalue weighted by atomic mass is 10.2. The van der Waals surface area contributed by atoms with Crippen LogP contribution in [0.2, 0.25) is 0 Å². The molecular weight excluding hydrogens is 218 g/mol. The number of methoxy groups -OCH3 is 2. The fourth-order valence-corrected chi connectivity index (χ4v) is 0.955. The summed E-state index contributed by atoms with van der Waals surface area (Å²) in [5.74, 6) is 0.815. The van der Waals surface area contributed by atoms with Crippen LogP contribution in [0.15, 0.2) is 12.1 Å². The third-order valence-electron chi connectivity index (χ3n) is 1.75. The van der Waals surface area contributed by atoms with Crippen LogP contribution in [0.5, 0.6) is 5.75 Å². The van der Waals surface area contributed by atoms with E-state index in [-0.39, 0.29) is 11.3 Å². The Morgan fingerprint density at radius 1 is 1.25 bits per heavy atom. The number of esters is 1. The van der Waals surface area contributed by atoms with Crippen LogP contribution in [0.4, 0.5) is 8.78 Å². The molecule has 0 saturated carbocycles. The van der Waals surface area contributed by atoms with Crippen molar-refractivity contribution in [1.82, 2.24) is 0 Å². The summed E-state index contributed by atoms with van der Waals surface area (Å²) in [6.45, 7) is 0. The van der Waals surface area contributed by atoms with E-state index in [4.69, 9.17) is 0 Å². The standard InChI is InChI=1S/C11H8F2O3/c1-15-8-5-3-7(10(12)11(8)13)4-6-9(14)16-2/h3,5H,1-2H3. The quantitative estimate of drug-likeness (QED) is 0.537. The Bertz CT molecular complexity index is 472. The van der Waals surface area contributed by atoms with Crippen molar-refractivity contribution in [3.8, 4) is 17.6 Å². The Labute approximate surface area is 91.0 Å². The van der Waals surface area contributed by atoms with E-state index in [2.05, 4.69) is 15.4 Å². The van der Waals surface area contributed by atoms with Crippen LogP contribution >= 0.6 is 0 Å². The second kappa shape index (κ2) is 5.12. The monoisotopic (exact) mass is 226 g/mol. The number of rotatable bonds is 1. The van der Waals surface area contributed by atoms with Crippen molar-refractivity contribution in [3.05, 3.63) is 29.3 Å². The number of hydrogen-bond acceptors (Lipinski definition) is 3. The molecule has 1 aromatic carbocycles. The lowest BCUT2D eigenvalue weighted by Gasteiger charge is -2.02. The Morgan fingerprint density at radius 3 is 2.50 bits per heavy atom. The van der Waals surface area contributed by atoms with E-state index in [9.17, 15) is 13.6 Å².